The number of carbonyl (C=O) groups excluding carboxylic acids is 1. The Labute approximate surface area is 107 Å². The monoisotopic (exact) mass is 246 g/mol. The molecule has 1 saturated heterocycles. The van der Waals surface area contributed by atoms with E-state index in [-0.39, 0.29) is 5.91 Å². The molecule has 96 valence electrons. The van der Waals surface area contributed by atoms with E-state index in [1.807, 2.05) is 12.1 Å². The summed E-state index contributed by atoms with van der Waals surface area (Å²) < 4.78 is 5.34. The molecule has 0 radical (unpaired) electrons. The number of hydrogen-bond donors (Lipinski definition) is 2. The lowest BCUT2D eigenvalue weighted by molar-refractivity contribution is -0.117. The molecule has 2 atom stereocenters. The lowest BCUT2D eigenvalue weighted by atomic mass is 9.80. The molecule has 0 bridgehead atoms. The van der Waals surface area contributed by atoms with Crippen molar-refractivity contribution >= 4 is 11.6 Å². The highest BCUT2D eigenvalue weighted by molar-refractivity contribution is 5.96. The average Bonchev–Trinajstić information content (AvgIpc) is 2.90. The summed E-state index contributed by atoms with van der Waals surface area (Å²) in [5.41, 5.74) is 2.09. The summed E-state index contributed by atoms with van der Waals surface area (Å²) in [5.74, 6) is 1.74. The van der Waals surface area contributed by atoms with Gasteiger partial charge in [0.2, 0.25) is 5.91 Å². The standard InChI is InChI=1S/C14H18N2O2/c1-18-12-4-2-3-10-11(9-5-6-15-8-9)7-13(17)16-14(10)12/h2-4,9,11,15H,5-8H2,1H3,(H,16,17). The Morgan fingerprint density at radius 1 is 1.39 bits per heavy atom. The second-order valence-electron chi connectivity index (χ2n) is 5.04. The van der Waals surface area contributed by atoms with Gasteiger partial charge in [-0.3, -0.25) is 4.79 Å². The third-order valence-electron chi connectivity index (χ3n) is 4.02. The smallest absolute Gasteiger partial charge is 0.225 e. The van der Waals surface area contributed by atoms with Crippen LogP contribution in [-0.2, 0) is 4.79 Å². The zero-order valence-electron chi connectivity index (χ0n) is 10.5. The fourth-order valence-electron chi connectivity index (χ4n) is 3.10. The highest BCUT2D eigenvalue weighted by Gasteiger charge is 2.34. The number of methoxy groups -OCH3 is 1. The number of ether oxygens (including phenoxy) is 1. The number of fused-ring (bicyclic) bond motifs is 1. The molecule has 4 heteroatoms. The maximum absolute atomic E-state index is 11.9. The van der Waals surface area contributed by atoms with Crippen LogP contribution in [0.15, 0.2) is 18.2 Å². The van der Waals surface area contributed by atoms with Crippen molar-refractivity contribution in [1.82, 2.24) is 5.32 Å². The van der Waals surface area contributed by atoms with Gasteiger partial charge in [-0.05, 0) is 43.0 Å². The predicted molar refractivity (Wildman–Crippen MR) is 70.0 cm³/mol. The summed E-state index contributed by atoms with van der Waals surface area (Å²) in [4.78, 5) is 11.9. The highest BCUT2D eigenvalue weighted by atomic mass is 16.5. The summed E-state index contributed by atoms with van der Waals surface area (Å²) in [5, 5.41) is 6.33. The molecule has 1 fully saturated rings. The van der Waals surface area contributed by atoms with Gasteiger partial charge in [0.15, 0.2) is 0 Å². The normalized spacial score (nSPS) is 26.6. The van der Waals surface area contributed by atoms with Crippen molar-refractivity contribution < 1.29 is 9.53 Å². The molecule has 2 aliphatic heterocycles. The van der Waals surface area contributed by atoms with Gasteiger partial charge in [0, 0.05) is 6.42 Å². The lowest BCUT2D eigenvalue weighted by Gasteiger charge is -2.30. The Balaban J connectivity index is 2.01. The van der Waals surface area contributed by atoms with Gasteiger partial charge < -0.3 is 15.4 Å². The number of para-hydroxylation sites is 1. The van der Waals surface area contributed by atoms with Crippen molar-refractivity contribution in [3.63, 3.8) is 0 Å². The van der Waals surface area contributed by atoms with Crippen LogP contribution in [0.25, 0.3) is 0 Å². The van der Waals surface area contributed by atoms with Crippen molar-refractivity contribution in [3.05, 3.63) is 23.8 Å². The second kappa shape index (κ2) is 4.61. The van der Waals surface area contributed by atoms with Gasteiger partial charge in [0.1, 0.15) is 5.75 Å². The molecule has 2 aliphatic rings. The van der Waals surface area contributed by atoms with Gasteiger partial charge in [-0.2, -0.15) is 0 Å². The van der Waals surface area contributed by atoms with Gasteiger partial charge in [0.05, 0.1) is 12.8 Å². The molecule has 1 amide bonds. The largest absolute Gasteiger partial charge is 0.495 e. The molecule has 2 heterocycles. The first-order chi connectivity index (χ1) is 8.79. The van der Waals surface area contributed by atoms with Crippen molar-refractivity contribution in [2.75, 3.05) is 25.5 Å². The topological polar surface area (TPSA) is 50.4 Å². The van der Waals surface area contributed by atoms with E-state index in [2.05, 4.69) is 16.7 Å². The third kappa shape index (κ3) is 1.86. The average molecular weight is 246 g/mol. The van der Waals surface area contributed by atoms with E-state index >= 15 is 0 Å². The van der Waals surface area contributed by atoms with Crippen molar-refractivity contribution in [2.45, 2.75) is 18.8 Å². The molecule has 1 aromatic rings. The molecule has 0 aromatic heterocycles. The molecule has 0 spiro atoms. The third-order valence-corrected chi connectivity index (χ3v) is 4.02. The number of benzene rings is 1. The number of anilines is 1. The lowest BCUT2D eigenvalue weighted by Crippen LogP contribution is -2.28. The fourth-order valence-corrected chi connectivity index (χ4v) is 3.10. The van der Waals surface area contributed by atoms with E-state index in [0.717, 1.165) is 30.9 Å². The fraction of sp³-hybridized carbons (Fsp3) is 0.500. The van der Waals surface area contributed by atoms with Gasteiger partial charge in [-0.15, -0.1) is 0 Å². The van der Waals surface area contributed by atoms with Crippen LogP contribution in [0.4, 0.5) is 5.69 Å². The number of amides is 1. The Bertz CT molecular complexity index is 467. The van der Waals surface area contributed by atoms with Gasteiger partial charge in [-0.25, -0.2) is 0 Å². The quantitative estimate of drug-likeness (QED) is 0.835. The zero-order chi connectivity index (χ0) is 12.5. The number of hydrogen-bond acceptors (Lipinski definition) is 3. The van der Waals surface area contributed by atoms with Crippen molar-refractivity contribution in [2.24, 2.45) is 5.92 Å². The van der Waals surface area contributed by atoms with Gasteiger partial charge in [-0.1, -0.05) is 12.1 Å². The molecule has 1 aromatic carbocycles. The summed E-state index contributed by atoms with van der Waals surface area (Å²) in [6.45, 7) is 2.07. The number of carbonyl (C=O) groups is 1. The zero-order valence-corrected chi connectivity index (χ0v) is 10.5. The Morgan fingerprint density at radius 3 is 3.00 bits per heavy atom. The molecule has 3 rings (SSSR count). The summed E-state index contributed by atoms with van der Waals surface area (Å²) in [6, 6.07) is 6.01. The van der Waals surface area contributed by atoms with E-state index in [9.17, 15) is 4.79 Å². The second-order valence-corrected chi connectivity index (χ2v) is 5.04. The molecular formula is C14H18N2O2. The van der Waals surface area contributed by atoms with Crippen LogP contribution in [0.5, 0.6) is 5.75 Å². The molecule has 18 heavy (non-hydrogen) atoms. The van der Waals surface area contributed by atoms with Crippen LogP contribution in [0.1, 0.15) is 24.3 Å². The summed E-state index contributed by atoms with van der Waals surface area (Å²) in [6.07, 6.45) is 1.74. The minimum absolute atomic E-state index is 0.101. The Morgan fingerprint density at radius 2 is 2.28 bits per heavy atom. The minimum atomic E-state index is 0.101. The maximum atomic E-state index is 11.9. The van der Waals surface area contributed by atoms with Gasteiger partial charge >= 0.3 is 0 Å². The molecular weight excluding hydrogens is 228 g/mol. The first kappa shape index (κ1) is 11.5. The number of rotatable bonds is 2. The maximum Gasteiger partial charge on any atom is 0.225 e. The van der Waals surface area contributed by atoms with Crippen LogP contribution in [0, 0.1) is 5.92 Å². The van der Waals surface area contributed by atoms with Gasteiger partial charge in [0.25, 0.3) is 0 Å². The molecule has 2 unspecified atom stereocenters. The SMILES string of the molecule is COc1cccc2c1NC(=O)CC2C1CCNC1. The first-order valence-corrected chi connectivity index (χ1v) is 6.47. The Kier molecular flexibility index (Phi) is 2.96. The van der Waals surface area contributed by atoms with Crippen LogP contribution in [0.3, 0.4) is 0 Å². The highest BCUT2D eigenvalue weighted by Crippen LogP contribution is 2.43. The summed E-state index contributed by atoms with van der Waals surface area (Å²) >= 11 is 0. The minimum Gasteiger partial charge on any atom is -0.495 e. The molecule has 0 aliphatic carbocycles. The predicted octanol–water partition coefficient (Wildman–Crippen LogP) is 1.73. The van der Waals surface area contributed by atoms with Crippen molar-refractivity contribution in [3.8, 4) is 5.75 Å². The molecule has 4 nitrogen and oxygen atoms in total. The van der Waals surface area contributed by atoms with Crippen LogP contribution in [-0.4, -0.2) is 26.1 Å². The van der Waals surface area contributed by atoms with Crippen LogP contribution >= 0.6 is 0 Å². The Hall–Kier alpha value is -1.55. The molecule has 2 N–H and O–H groups in total. The van der Waals surface area contributed by atoms with Crippen LogP contribution in [0.2, 0.25) is 0 Å². The first-order valence-electron chi connectivity index (χ1n) is 6.47. The van der Waals surface area contributed by atoms with E-state index in [1.165, 1.54) is 5.56 Å². The van der Waals surface area contributed by atoms with E-state index < -0.39 is 0 Å². The van der Waals surface area contributed by atoms with Crippen molar-refractivity contribution in [1.29, 1.82) is 0 Å². The van der Waals surface area contributed by atoms with E-state index in [0.29, 0.717) is 18.3 Å². The van der Waals surface area contributed by atoms with E-state index in [4.69, 9.17) is 4.74 Å². The summed E-state index contributed by atoms with van der Waals surface area (Å²) in [7, 11) is 1.64. The van der Waals surface area contributed by atoms with Crippen LogP contribution < -0.4 is 15.4 Å². The van der Waals surface area contributed by atoms with E-state index in [1.54, 1.807) is 7.11 Å². The molecule has 0 saturated carbocycles. The number of nitrogens with one attached hydrogen (secondary N) is 2.